The van der Waals surface area contributed by atoms with Crippen LogP contribution in [0.25, 0.3) is 11.4 Å². The van der Waals surface area contributed by atoms with Gasteiger partial charge in [-0.1, -0.05) is 29.4 Å². The molecule has 0 bridgehead atoms. The number of nitrogens with zero attached hydrogens (tertiary/aromatic N) is 2. The summed E-state index contributed by atoms with van der Waals surface area (Å²) in [5, 5.41) is 3.27. The number of hydrogen-bond donors (Lipinski definition) is 0. The van der Waals surface area contributed by atoms with Crippen LogP contribution in [0.1, 0.15) is 18.4 Å². The molecule has 10 heteroatoms. The van der Waals surface area contributed by atoms with Crippen LogP contribution in [0.4, 0.5) is 13.2 Å². The molecule has 0 aliphatic heterocycles. The lowest BCUT2D eigenvalue weighted by Crippen LogP contribution is -2.04. The fraction of sp³-hybridized carbons (Fsp3) is 0.333. The fourth-order valence-corrected chi connectivity index (χ4v) is 3.50. The van der Waals surface area contributed by atoms with Gasteiger partial charge in [-0.25, -0.2) is 0 Å². The zero-order valence-electron chi connectivity index (χ0n) is 11.3. The molecular weight excluding hydrogens is 344 g/mol. The van der Waals surface area contributed by atoms with Gasteiger partial charge in [-0.15, -0.1) is 0 Å². The maximum absolute atomic E-state index is 12.4. The van der Waals surface area contributed by atoms with E-state index < -0.39 is 18.8 Å². The second-order valence-electron chi connectivity index (χ2n) is 4.28. The van der Waals surface area contributed by atoms with Crippen LogP contribution in [0.2, 0.25) is 0 Å². The first-order chi connectivity index (χ1) is 10.2. The topological polar surface area (TPSA) is 65.2 Å². The van der Waals surface area contributed by atoms with E-state index in [1.165, 1.54) is 12.1 Å². The third-order valence-electron chi connectivity index (χ3n) is 2.57. The molecule has 1 aromatic heterocycles. The second-order valence-corrected chi connectivity index (χ2v) is 7.58. The lowest BCUT2D eigenvalue weighted by Gasteiger charge is -2.09. The molecule has 22 heavy (non-hydrogen) atoms. The molecule has 0 aliphatic rings. The van der Waals surface area contributed by atoms with E-state index in [1.54, 1.807) is 19.1 Å². The van der Waals surface area contributed by atoms with Gasteiger partial charge in [-0.3, -0.25) is 4.57 Å². The minimum Gasteiger partial charge on any atom is -0.329 e. The molecule has 0 aliphatic carbocycles. The molecule has 1 aromatic carbocycles. The average Bonchev–Trinajstić information content (AvgIpc) is 2.88. The van der Waals surface area contributed by atoms with E-state index in [0.29, 0.717) is 11.1 Å². The van der Waals surface area contributed by atoms with Crippen molar-refractivity contribution in [1.82, 2.24) is 10.1 Å². The minimum atomic E-state index is -4.69. The van der Waals surface area contributed by atoms with Gasteiger partial charge in [0.2, 0.25) is 5.82 Å². The molecule has 0 N–H and O–H groups in total. The number of rotatable bonds is 5. The van der Waals surface area contributed by atoms with Crippen LogP contribution in [-0.2, 0) is 21.4 Å². The zero-order valence-corrected chi connectivity index (χ0v) is 13.0. The molecule has 0 saturated heterocycles. The first kappa shape index (κ1) is 17.0. The van der Waals surface area contributed by atoms with Gasteiger partial charge in [0.15, 0.2) is 0 Å². The molecule has 1 heterocycles. The van der Waals surface area contributed by atoms with E-state index in [0.717, 1.165) is 0 Å². The van der Waals surface area contributed by atoms with Crippen LogP contribution in [0, 0.1) is 0 Å². The highest BCUT2D eigenvalue weighted by Gasteiger charge is 2.38. The summed E-state index contributed by atoms with van der Waals surface area (Å²) in [6.07, 6.45) is -4.67. The van der Waals surface area contributed by atoms with Gasteiger partial charge in [0.25, 0.3) is 6.72 Å². The van der Waals surface area contributed by atoms with E-state index in [4.69, 9.17) is 15.8 Å². The van der Waals surface area contributed by atoms with Crippen LogP contribution in [0.15, 0.2) is 28.8 Å². The van der Waals surface area contributed by atoms with Gasteiger partial charge >= 0.3 is 12.1 Å². The summed E-state index contributed by atoms with van der Waals surface area (Å²) in [5.41, 5.74) is 0.957. The number of hydrogen-bond acceptors (Lipinski definition) is 5. The third kappa shape index (κ3) is 4.32. The van der Waals surface area contributed by atoms with E-state index in [2.05, 4.69) is 14.7 Å². The first-order valence-corrected chi connectivity index (χ1v) is 8.86. The van der Waals surface area contributed by atoms with Crippen molar-refractivity contribution in [3.63, 3.8) is 0 Å². The van der Waals surface area contributed by atoms with E-state index in [1.807, 2.05) is 0 Å². The van der Waals surface area contributed by atoms with E-state index in [-0.39, 0.29) is 18.6 Å². The summed E-state index contributed by atoms with van der Waals surface area (Å²) in [6.45, 7) is -1.35. The van der Waals surface area contributed by atoms with Crippen molar-refractivity contribution in [1.29, 1.82) is 0 Å². The molecule has 120 valence electrons. The number of aromatic nitrogens is 2. The molecule has 0 radical (unpaired) electrons. The van der Waals surface area contributed by atoms with Gasteiger partial charge in [-0.05, 0) is 23.7 Å². The van der Waals surface area contributed by atoms with Gasteiger partial charge in [-0.2, -0.15) is 18.2 Å². The molecular formula is C12H11ClF3N2O3P. The molecule has 2 rings (SSSR count). The SMILES string of the molecule is CCOP(=O)(Cl)Cc1ccc(-c2noc(C(F)(F)F)n2)cc1. The predicted octanol–water partition coefficient (Wildman–Crippen LogP) is 4.72. The quantitative estimate of drug-likeness (QED) is 0.727. The van der Waals surface area contributed by atoms with Crippen molar-refractivity contribution >= 4 is 18.0 Å². The Balaban J connectivity index is 2.15. The largest absolute Gasteiger partial charge is 0.471 e. The van der Waals surface area contributed by atoms with Crippen LogP contribution in [0.5, 0.6) is 0 Å². The molecule has 5 nitrogen and oxygen atoms in total. The number of benzene rings is 1. The van der Waals surface area contributed by atoms with Crippen molar-refractivity contribution in [2.45, 2.75) is 19.3 Å². The Hall–Kier alpha value is -1.37. The fourth-order valence-electron chi connectivity index (χ4n) is 1.67. The predicted molar refractivity (Wildman–Crippen MR) is 73.5 cm³/mol. The van der Waals surface area contributed by atoms with Crippen molar-refractivity contribution in [3.8, 4) is 11.4 Å². The Morgan fingerprint density at radius 1 is 1.32 bits per heavy atom. The maximum Gasteiger partial charge on any atom is 0.471 e. The van der Waals surface area contributed by atoms with Crippen molar-refractivity contribution in [3.05, 3.63) is 35.7 Å². The average molecular weight is 355 g/mol. The summed E-state index contributed by atoms with van der Waals surface area (Å²) in [4.78, 5) is 3.28. The van der Waals surface area contributed by atoms with Crippen LogP contribution >= 0.6 is 18.0 Å². The maximum atomic E-state index is 12.4. The van der Waals surface area contributed by atoms with Crippen LogP contribution in [-0.4, -0.2) is 16.7 Å². The standard InChI is InChI=1S/C12H11ClF3N2O3P/c1-2-20-22(13,19)7-8-3-5-9(6-4-8)10-17-11(21-18-10)12(14,15)16/h3-6H,2,7H2,1H3. The first-order valence-electron chi connectivity index (χ1n) is 6.15. The van der Waals surface area contributed by atoms with Crippen LogP contribution in [0.3, 0.4) is 0 Å². The highest BCUT2D eigenvalue weighted by Crippen LogP contribution is 2.55. The Morgan fingerprint density at radius 3 is 2.45 bits per heavy atom. The highest BCUT2D eigenvalue weighted by atomic mass is 35.7. The summed E-state index contributed by atoms with van der Waals surface area (Å²) in [5.74, 6) is -1.59. The monoisotopic (exact) mass is 354 g/mol. The Morgan fingerprint density at radius 2 is 1.95 bits per heavy atom. The Bertz CT molecular complexity index is 688. The van der Waals surface area contributed by atoms with Gasteiger partial charge in [0, 0.05) is 5.56 Å². The lowest BCUT2D eigenvalue weighted by atomic mass is 10.1. The highest BCUT2D eigenvalue weighted by molar-refractivity contribution is 7.84. The van der Waals surface area contributed by atoms with Gasteiger partial charge in [0.1, 0.15) is 0 Å². The lowest BCUT2D eigenvalue weighted by molar-refractivity contribution is -0.159. The minimum absolute atomic E-state index is 0.0166. The second kappa shape index (κ2) is 6.40. The van der Waals surface area contributed by atoms with Crippen molar-refractivity contribution in [2.24, 2.45) is 0 Å². The summed E-state index contributed by atoms with van der Waals surface area (Å²) in [6, 6.07) is 6.10. The Labute approximate surface area is 128 Å². The Kier molecular flexibility index (Phi) is 4.94. The molecule has 1 unspecified atom stereocenters. The molecule has 1 atom stereocenters. The molecule has 0 amide bonds. The summed E-state index contributed by atoms with van der Waals surface area (Å²) >= 11 is 5.75. The van der Waals surface area contributed by atoms with Gasteiger partial charge < -0.3 is 9.05 Å². The number of halogens is 4. The van der Waals surface area contributed by atoms with Gasteiger partial charge in [0.05, 0.1) is 12.8 Å². The third-order valence-corrected chi connectivity index (χ3v) is 4.61. The van der Waals surface area contributed by atoms with Crippen LogP contribution < -0.4 is 0 Å². The molecule has 0 fully saturated rings. The normalized spacial score (nSPS) is 14.8. The molecule has 2 aromatic rings. The zero-order chi connectivity index (χ0) is 16.4. The van der Waals surface area contributed by atoms with E-state index in [9.17, 15) is 17.7 Å². The van der Waals surface area contributed by atoms with E-state index >= 15 is 0 Å². The van der Waals surface area contributed by atoms with Crippen molar-refractivity contribution < 1.29 is 26.8 Å². The summed E-state index contributed by atoms with van der Waals surface area (Å²) in [7, 11) is 0. The number of alkyl halides is 3. The molecule has 0 saturated carbocycles. The smallest absolute Gasteiger partial charge is 0.329 e. The van der Waals surface area contributed by atoms with Crippen molar-refractivity contribution in [2.75, 3.05) is 6.61 Å². The summed E-state index contributed by atoms with van der Waals surface area (Å²) < 4.78 is 58.1. The molecule has 0 spiro atoms.